The molecule has 0 unspecified atom stereocenters. The van der Waals surface area contributed by atoms with Gasteiger partial charge in [0.2, 0.25) is 0 Å². The number of halogens is 2. The van der Waals surface area contributed by atoms with Crippen LogP contribution < -0.4 is 21.3 Å². The average Bonchev–Trinajstić information content (AvgIpc) is 3.72. The molecule has 4 aromatic heterocycles. The van der Waals surface area contributed by atoms with Gasteiger partial charge in [-0.05, 0) is 119 Å². The summed E-state index contributed by atoms with van der Waals surface area (Å²) in [7, 11) is 0. The van der Waals surface area contributed by atoms with Gasteiger partial charge in [0.15, 0.2) is 0 Å². The molecular weight excluding hydrogens is 859 g/mol. The van der Waals surface area contributed by atoms with Gasteiger partial charge in [-0.25, -0.2) is 4.39 Å². The van der Waals surface area contributed by atoms with Gasteiger partial charge >= 0.3 is 0 Å². The zero-order valence-corrected chi connectivity index (χ0v) is 36.4. The number of ketones is 2. The lowest BCUT2D eigenvalue weighted by Crippen LogP contribution is -2.40. The SMILES string of the molecule is Cc1c(C(=O)C(=O)NC2(c3cn[nH]n3)CC2)c2n(c1C(=O)Nc1cc(Cl)ccc1F)CCC2.Cc1cccc(NC(=O)c2c(C)c(C(=O)C(=O)NC3(c4cn[nH]n4)CC3)c3n2CCC3)c1. The molecule has 10 rings (SSSR count). The Hall–Kier alpha value is -7.28. The monoisotopic (exact) mass is 902 g/mol. The number of fused-ring (bicyclic) bond motifs is 2. The number of anilines is 2. The van der Waals surface area contributed by atoms with Crippen molar-refractivity contribution in [3.63, 3.8) is 0 Å². The Labute approximate surface area is 375 Å². The summed E-state index contributed by atoms with van der Waals surface area (Å²) in [6.45, 7) is 6.48. The van der Waals surface area contributed by atoms with E-state index in [4.69, 9.17) is 11.6 Å². The summed E-state index contributed by atoms with van der Waals surface area (Å²) in [4.78, 5) is 78.5. The topological polar surface area (TPSA) is 244 Å². The van der Waals surface area contributed by atoms with Crippen molar-refractivity contribution >= 4 is 58.2 Å². The molecule has 0 saturated heterocycles. The predicted molar refractivity (Wildman–Crippen MR) is 233 cm³/mol. The Bertz CT molecular complexity index is 2930. The Morgan fingerprint density at radius 2 is 1.20 bits per heavy atom. The number of carbonyl (C=O) groups excluding carboxylic acids is 6. The van der Waals surface area contributed by atoms with E-state index < -0.39 is 46.2 Å². The number of rotatable bonds is 12. The highest BCUT2D eigenvalue weighted by Crippen LogP contribution is 2.45. The van der Waals surface area contributed by atoms with Gasteiger partial charge in [-0.15, -0.1) is 0 Å². The number of benzene rings is 2. The number of aromatic nitrogens is 8. The van der Waals surface area contributed by atoms with E-state index in [1.807, 2.05) is 35.8 Å². The van der Waals surface area contributed by atoms with Crippen LogP contribution in [0.15, 0.2) is 54.9 Å². The molecule has 4 aliphatic rings. The summed E-state index contributed by atoms with van der Waals surface area (Å²) in [6.07, 6.45) is 8.57. The van der Waals surface area contributed by atoms with Crippen LogP contribution in [0.4, 0.5) is 15.8 Å². The van der Waals surface area contributed by atoms with Crippen molar-refractivity contribution in [3.05, 3.63) is 128 Å². The normalized spacial score (nSPS) is 15.8. The van der Waals surface area contributed by atoms with Crippen LogP contribution in [-0.4, -0.2) is 75.2 Å². The molecule has 2 aliphatic heterocycles. The molecule has 4 amide bonds. The van der Waals surface area contributed by atoms with Gasteiger partial charge in [-0.3, -0.25) is 28.8 Å². The summed E-state index contributed by atoms with van der Waals surface area (Å²) in [5.74, 6) is -4.24. The maximum atomic E-state index is 14.1. The zero-order chi connectivity index (χ0) is 45.8. The van der Waals surface area contributed by atoms with Crippen molar-refractivity contribution in [2.45, 2.75) is 96.3 Å². The molecule has 2 fully saturated rings. The van der Waals surface area contributed by atoms with Gasteiger partial charge in [0.05, 0.1) is 40.3 Å². The minimum atomic E-state index is -0.758. The lowest BCUT2D eigenvalue weighted by Gasteiger charge is -2.14. The van der Waals surface area contributed by atoms with E-state index in [1.54, 1.807) is 24.6 Å². The van der Waals surface area contributed by atoms with Crippen molar-refractivity contribution in [2.75, 3.05) is 10.6 Å². The number of aryl methyl sites for hydroxylation is 1. The largest absolute Gasteiger partial charge is 0.340 e. The summed E-state index contributed by atoms with van der Waals surface area (Å²) >= 11 is 5.92. The number of hydrogen-bond donors (Lipinski definition) is 6. The Kier molecular flexibility index (Phi) is 11.0. The first-order chi connectivity index (χ1) is 31.2. The zero-order valence-electron chi connectivity index (χ0n) is 35.7. The second-order valence-electron chi connectivity index (χ2n) is 16.9. The first kappa shape index (κ1) is 43.0. The van der Waals surface area contributed by atoms with Gasteiger partial charge < -0.3 is 30.4 Å². The molecule has 334 valence electrons. The second-order valence-corrected chi connectivity index (χ2v) is 17.4. The number of nitrogens with one attached hydrogen (secondary N) is 6. The minimum Gasteiger partial charge on any atom is -0.340 e. The smallest absolute Gasteiger partial charge is 0.293 e. The molecule has 6 heterocycles. The molecule has 0 bridgehead atoms. The highest BCUT2D eigenvalue weighted by molar-refractivity contribution is 6.44. The van der Waals surface area contributed by atoms with Gasteiger partial charge in [-0.2, -0.15) is 30.8 Å². The molecule has 6 aromatic rings. The first-order valence-electron chi connectivity index (χ1n) is 21.2. The Morgan fingerprint density at radius 3 is 1.66 bits per heavy atom. The van der Waals surface area contributed by atoms with Crippen LogP contribution in [-0.2, 0) is 46.6 Å². The quantitative estimate of drug-likeness (QED) is 0.0684. The van der Waals surface area contributed by atoms with E-state index >= 15 is 0 Å². The molecular formula is C45H44ClFN12O6. The van der Waals surface area contributed by atoms with E-state index in [0.717, 1.165) is 30.2 Å². The summed E-state index contributed by atoms with van der Waals surface area (Å²) in [6, 6.07) is 11.4. The summed E-state index contributed by atoms with van der Waals surface area (Å²) in [5, 5.41) is 32.1. The van der Waals surface area contributed by atoms with Crippen LogP contribution in [0.1, 0.15) is 120 Å². The minimum absolute atomic E-state index is 0.0608. The van der Waals surface area contributed by atoms with E-state index in [0.29, 0.717) is 96.8 Å². The van der Waals surface area contributed by atoms with Crippen LogP contribution in [0.25, 0.3) is 0 Å². The fourth-order valence-corrected chi connectivity index (χ4v) is 9.27. The number of hydrogen-bond acceptors (Lipinski definition) is 10. The van der Waals surface area contributed by atoms with Crippen LogP contribution >= 0.6 is 11.6 Å². The van der Waals surface area contributed by atoms with E-state index in [9.17, 15) is 33.2 Å². The highest BCUT2D eigenvalue weighted by Gasteiger charge is 2.50. The second kappa shape index (κ2) is 16.7. The molecule has 18 nitrogen and oxygen atoms in total. The number of nitrogens with zero attached hydrogens (tertiary/aromatic N) is 6. The molecule has 6 N–H and O–H groups in total. The molecule has 2 aliphatic carbocycles. The van der Waals surface area contributed by atoms with Crippen molar-refractivity contribution in [1.82, 2.24) is 50.6 Å². The molecule has 65 heavy (non-hydrogen) atoms. The molecule has 20 heteroatoms. The van der Waals surface area contributed by atoms with Crippen molar-refractivity contribution in [2.24, 2.45) is 0 Å². The lowest BCUT2D eigenvalue weighted by atomic mass is 10.0. The van der Waals surface area contributed by atoms with Crippen molar-refractivity contribution in [3.8, 4) is 0 Å². The highest BCUT2D eigenvalue weighted by atomic mass is 35.5. The van der Waals surface area contributed by atoms with Crippen LogP contribution in [0, 0.1) is 26.6 Å². The summed E-state index contributed by atoms with van der Waals surface area (Å²) in [5.41, 5.74) is 5.07. The number of carbonyl (C=O) groups is 6. The standard InChI is InChI=1S/C23H24N6O3.C22H20ClFN6O3/c1-13-5-3-6-15(11-13)25-21(31)19-14(2)18(16-7-4-10-29(16)19)20(30)22(32)26-23(8-9-23)17-12-24-28-27-17;1-11-17(19(31)21(33)27-22(6-7-22)16-10-25-29-28-16)15-3-2-8-30(15)18(11)20(32)26-14-9-12(23)4-5-13(14)24/h3,5-6,11-12H,4,7-10H2,1-2H3,(H,25,31)(H,26,32)(H,24,27,28);4-5,9-10H,2-3,6-8H2,1H3,(H,26,32)(H,27,33)(H,25,28,29). The van der Waals surface area contributed by atoms with E-state index in [-0.39, 0.29) is 27.9 Å². The van der Waals surface area contributed by atoms with Gasteiger partial charge in [-0.1, -0.05) is 23.7 Å². The third-order valence-electron chi connectivity index (χ3n) is 12.6. The van der Waals surface area contributed by atoms with Crippen LogP contribution in [0.5, 0.6) is 0 Å². The first-order valence-corrected chi connectivity index (χ1v) is 21.6. The fourth-order valence-electron chi connectivity index (χ4n) is 9.09. The van der Waals surface area contributed by atoms with E-state index in [1.165, 1.54) is 18.3 Å². The Morgan fingerprint density at radius 1 is 0.692 bits per heavy atom. The number of aromatic amines is 2. The van der Waals surface area contributed by atoms with Gasteiger partial charge in [0.1, 0.15) is 28.6 Å². The lowest BCUT2D eigenvalue weighted by molar-refractivity contribution is -0.118. The summed E-state index contributed by atoms with van der Waals surface area (Å²) < 4.78 is 17.8. The predicted octanol–water partition coefficient (Wildman–Crippen LogP) is 5.30. The third-order valence-corrected chi connectivity index (χ3v) is 12.8. The van der Waals surface area contributed by atoms with Gasteiger partial charge in [0.25, 0.3) is 35.2 Å². The molecule has 0 spiro atoms. The fraction of sp³-hybridized carbons (Fsp3) is 0.333. The maximum absolute atomic E-state index is 14.1. The van der Waals surface area contributed by atoms with Crippen LogP contribution in [0.3, 0.4) is 0 Å². The Balaban J connectivity index is 0.000000164. The molecule has 0 radical (unpaired) electrons. The molecule has 0 atom stereocenters. The number of H-pyrrole nitrogens is 2. The number of Topliss-reactive ketones (excluding diaryl/α,β-unsaturated/α-hetero) is 2. The van der Waals surface area contributed by atoms with Crippen molar-refractivity contribution in [1.29, 1.82) is 0 Å². The van der Waals surface area contributed by atoms with Gasteiger partial charge in [0, 0.05) is 35.2 Å². The maximum Gasteiger partial charge on any atom is 0.293 e. The number of amides is 4. The van der Waals surface area contributed by atoms with Crippen molar-refractivity contribution < 1.29 is 33.2 Å². The molecule has 2 aromatic carbocycles. The van der Waals surface area contributed by atoms with E-state index in [2.05, 4.69) is 52.1 Å². The molecule has 2 saturated carbocycles. The van der Waals surface area contributed by atoms with Crippen LogP contribution in [0.2, 0.25) is 5.02 Å². The average molecular weight is 903 g/mol. The third kappa shape index (κ3) is 8.00.